The summed E-state index contributed by atoms with van der Waals surface area (Å²) in [6.45, 7) is 0.960. The van der Waals surface area contributed by atoms with Crippen molar-refractivity contribution in [3.8, 4) is 0 Å². The van der Waals surface area contributed by atoms with Gasteiger partial charge < -0.3 is 9.67 Å². The molecule has 16 heavy (non-hydrogen) atoms. The summed E-state index contributed by atoms with van der Waals surface area (Å²) in [6.07, 6.45) is 6.74. The fourth-order valence-electron chi connectivity index (χ4n) is 2.72. The van der Waals surface area contributed by atoms with Crippen molar-refractivity contribution in [2.75, 3.05) is 0 Å². The summed E-state index contributed by atoms with van der Waals surface area (Å²) in [5.41, 5.74) is 1.27. The van der Waals surface area contributed by atoms with Gasteiger partial charge in [-0.1, -0.05) is 6.42 Å². The zero-order chi connectivity index (χ0) is 11.1. The third-order valence-corrected chi connectivity index (χ3v) is 3.82. The smallest absolute Gasteiger partial charge is 0.356 e. The lowest BCUT2D eigenvalue weighted by Crippen LogP contribution is -2.19. The highest BCUT2D eigenvalue weighted by atomic mass is 16.4. The fourth-order valence-corrected chi connectivity index (χ4v) is 2.72. The van der Waals surface area contributed by atoms with Gasteiger partial charge in [0.05, 0.1) is 5.69 Å². The summed E-state index contributed by atoms with van der Waals surface area (Å²) in [5, 5.41) is 9.15. The first kappa shape index (κ1) is 9.87. The van der Waals surface area contributed by atoms with E-state index in [4.69, 9.17) is 5.11 Å². The van der Waals surface area contributed by atoms with E-state index in [-0.39, 0.29) is 0 Å². The number of aromatic nitrogens is 2. The number of carboxylic acids is 1. The molecule has 0 spiro atoms. The van der Waals surface area contributed by atoms with Crippen LogP contribution < -0.4 is 0 Å². The minimum absolute atomic E-state index is 0.307. The maximum absolute atomic E-state index is 11.1. The van der Waals surface area contributed by atoms with Crippen molar-refractivity contribution in [3.05, 3.63) is 17.2 Å². The van der Waals surface area contributed by atoms with E-state index >= 15 is 0 Å². The minimum atomic E-state index is -0.865. The van der Waals surface area contributed by atoms with Crippen LogP contribution in [0.25, 0.3) is 0 Å². The number of imidazole rings is 1. The van der Waals surface area contributed by atoms with E-state index in [1.165, 1.54) is 19.3 Å². The predicted octanol–water partition coefficient (Wildman–Crippen LogP) is 2.19. The number of hydrogen-bond donors (Lipinski definition) is 1. The lowest BCUT2D eigenvalue weighted by Gasteiger charge is -2.27. The van der Waals surface area contributed by atoms with Gasteiger partial charge in [-0.15, -0.1) is 0 Å². The van der Waals surface area contributed by atoms with Gasteiger partial charge in [0.1, 0.15) is 5.82 Å². The Balaban J connectivity index is 2.07. The molecule has 0 atom stereocenters. The average molecular weight is 220 g/mol. The number of hydrogen-bond acceptors (Lipinski definition) is 2. The van der Waals surface area contributed by atoms with Crippen molar-refractivity contribution in [2.24, 2.45) is 0 Å². The molecule has 1 aromatic heterocycles. The third kappa shape index (κ3) is 1.36. The van der Waals surface area contributed by atoms with Crippen LogP contribution in [-0.2, 0) is 13.0 Å². The van der Waals surface area contributed by atoms with E-state index in [2.05, 4.69) is 9.55 Å². The second kappa shape index (κ2) is 3.61. The molecule has 2 heterocycles. The number of carbonyl (C=O) groups is 1. The Morgan fingerprint density at radius 2 is 2.12 bits per heavy atom. The summed E-state index contributed by atoms with van der Waals surface area (Å²) >= 11 is 0. The van der Waals surface area contributed by atoms with E-state index in [1.54, 1.807) is 0 Å². The van der Waals surface area contributed by atoms with Crippen LogP contribution in [0.4, 0.5) is 0 Å². The van der Waals surface area contributed by atoms with Gasteiger partial charge in [0.2, 0.25) is 0 Å². The van der Waals surface area contributed by atoms with Gasteiger partial charge in [0.25, 0.3) is 0 Å². The van der Waals surface area contributed by atoms with Gasteiger partial charge in [0, 0.05) is 12.5 Å². The first-order valence-corrected chi connectivity index (χ1v) is 6.10. The average Bonchev–Trinajstić information content (AvgIpc) is 2.56. The molecule has 4 heteroatoms. The third-order valence-electron chi connectivity index (χ3n) is 3.82. The van der Waals surface area contributed by atoms with E-state index in [0.717, 1.165) is 37.3 Å². The maximum atomic E-state index is 11.1. The Kier molecular flexibility index (Phi) is 2.23. The van der Waals surface area contributed by atoms with Crippen LogP contribution in [0, 0.1) is 0 Å². The Hall–Kier alpha value is -1.32. The van der Waals surface area contributed by atoms with Crippen molar-refractivity contribution in [2.45, 2.75) is 51.0 Å². The van der Waals surface area contributed by atoms with Crippen LogP contribution >= 0.6 is 0 Å². The van der Waals surface area contributed by atoms with Crippen LogP contribution in [-0.4, -0.2) is 20.6 Å². The SMILES string of the molecule is O=C(O)c1nc(C2CCC2)n2c1CCCC2. The van der Waals surface area contributed by atoms with E-state index in [9.17, 15) is 4.79 Å². The Morgan fingerprint density at radius 1 is 1.31 bits per heavy atom. The second-order valence-electron chi connectivity index (χ2n) is 4.81. The largest absolute Gasteiger partial charge is 0.476 e. The normalized spacial score (nSPS) is 20.2. The molecule has 0 saturated heterocycles. The molecule has 4 nitrogen and oxygen atoms in total. The maximum Gasteiger partial charge on any atom is 0.356 e. The van der Waals surface area contributed by atoms with Crippen molar-refractivity contribution in [1.29, 1.82) is 0 Å². The zero-order valence-electron chi connectivity index (χ0n) is 9.28. The second-order valence-corrected chi connectivity index (χ2v) is 4.81. The highest BCUT2D eigenvalue weighted by Gasteiger charge is 2.30. The molecule has 0 unspecified atom stereocenters. The molecule has 1 N–H and O–H groups in total. The van der Waals surface area contributed by atoms with Gasteiger partial charge in [-0.05, 0) is 32.1 Å². The standard InChI is InChI=1S/C12H16N2O2/c15-12(16)10-9-6-1-2-7-14(9)11(13-10)8-4-3-5-8/h8H,1-7H2,(H,15,16). The lowest BCUT2D eigenvalue weighted by molar-refractivity contribution is 0.0689. The van der Waals surface area contributed by atoms with Gasteiger partial charge in [-0.2, -0.15) is 0 Å². The zero-order valence-corrected chi connectivity index (χ0v) is 9.28. The molecule has 2 aliphatic rings. The number of fused-ring (bicyclic) bond motifs is 1. The van der Waals surface area contributed by atoms with E-state index < -0.39 is 5.97 Å². The van der Waals surface area contributed by atoms with Gasteiger partial charge in [-0.3, -0.25) is 0 Å². The van der Waals surface area contributed by atoms with E-state index in [1.807, 2.05) is 0 Å². The number of aromatic carboxylic acids is 1. The quantitative estimate of drug-likeness (QED) is 0.831. The van der Waals surface area contributed by atoms with Crippen molar-refractivity contribution in [1.82, 2.24) is 9.55 Å². The lowest BCUT2D eigenvalue weighted by atomic mass is 9.84. The first-order valence-electron chi connectivity index (χ1n) is 6.10. The molecule has 0 amide bonds. The van der Waals surface area contributed by atoms with Crippen LogP contribution in [0.3, 0.4) is 0 Å². The summed E-state index contributed by atoms with van der Waals surface area (Å²) in [6, 6.07) is 0. The molecule has 0 bridgehead atoms. The molecule has 0 radical (unpaired) electrons. The van der Waals surface area contributed by atoms with Crippen LogP contribution in [0.1, 0.15) is 60.0 Å². The molecule has 3 rings (SSSR count). The van der Waals surface area contributed by atoms with Crippen LogP contribution in [0.15, 0.2) is 0 Å². The number of carboxylic acid groups (broad SMARTS) is 1. The number of rotatable bonds is 2. The molecule has 86 valence electrons. The van der Waals surface area contributed by atoms with Crippen molar-refractivity contribution < 1.29 is 9.90 Å². The van der Waals surface area contributed by atoms with Crippen LogP contribution in [0.5, 0.6) is 0 Å². The summed E-state index contributed by atoms with van der Waals surface area (Å²) < 4.78 is 2.18. The predicted molar refractivity (Wildman–Crippen MR) is 58.7 cm³/mol. The van der Waals surface area contributed by atoms with Crippen LogP contribution in [0.2, 0.25) is 0 Å². The molecule has 1 aliphatic carbocycles. The summed E-state index contributed by atoms with van der Waals surface area (Å²) in [5.74, 6) is 0.694. The Labute approximate surface area is 94.3 Å². The van der Waals surface area contributed by atoms with Gasteiger partial charge in [-0.25, -0.2) is 9.78 Å². The van der Waals surface area contributed by atoms with Crippen molar-refractivity contribution >= 4 is 5.97 Å². The Bertz CT molecular complexity index is 432. The minimum Gasteiger partial charge on any atom is -0.476 e. The fraction of sp³-hybridized carbons (Fsp3) is 0.667. The molecule has 1 aliphatic heterocycles. The topological polar surface area (TPSA) is 55.1 Å². The molecule has 1 fully saturated rings. The molecular weight excluding hydrogens is 204 g/mol. The first-order chi connectivity index (χ1) is 7.77. The summed E-state index contributed by atoms with van der Waals surface area (Å²) in [4.78, 5) is 15.5. The monoisotopic (exact) mass is 220 g/mol. The molecular formula is C12H16N2O2. The van der Waals surface area contributed by atoms with Gasteiger partial charge in [0.15, 0.2) is 5.69 Å². The summed E-state index contributed by atoms with van der Waals surface area (Å²) in [7, 11) is 0. The van der Waals surface area contributed by atoms with Gasteiger partial charge >= 0.3 is 5.97 Å². The molecule has 0 aromatic carbocycles. The molecule has 1 saturated carbocycles. The van der Waals surface area contributed by atoms with Crippen molar-refractivity contribution in [3.63, 3.8) is 0 Å². The highest BCUT2D eigenvalue weighted by molar-refractivity contribution is 5.87. The highest BCUT2D eigenvalue weighted by Crippen LogP contribution is 2.37. The van der Waals surface area contributed by atoms with E-state index in [0.29, 0.717) is 11.6 Å². The number of nitrogens with zero attached hydrogens (tertiary/aromatic N) is 2. The molecule has 1 aromatic rings. The Morgan fingerprint density at radius 3 is 2.75 bits per heavy atom.